The van der Waals surface area contributed by atoms with Gasteiger partial charge in [-0.1, -0.05) is 25.8 Å². The average molecular weight is 245 g/mol. The Morgan fingerprint density at radius 2 is 1.88 bits per heavy atom. The summed E-state index contributed by atoms with van der Waals surface area (Å²) >= 11 is -1.01. The highest BCUT2D eigenvalue weighted by molar-refractivity contribution is 7.90. The largest absolute Gasteiger partial charge is 0.598 e. The molecule has 0 fully saturated rings. The van der Waals surface area contributed by atoms with E-state index in [9.17, 15) is 4.55 Å². The zero-order valence-electron chi connectivity index (χ0n) is 11.4. The molecule has 0 aliphatic heterocycles. The SMILES string of the molecule is C=CC[C@@](C)(CCCC)N[S+]([O-])C(C)(C)C. The fraction of sp³-hybridized carbons (Fsp3) is 0.846. The molecule has 0 aromatic heterocycles. The normalized spacial score (nSPS) is 17.9. The highest BCUT2D eigenvalue weighted by Crippen LogP contribution is 2.23. The van der Waals surface area contributed by atoms with Crippen LogP contribution >= 0.6 is 0 Å². The molecule has 0 radical (unpaired) electrons. The lowest BCUT2D eigenvalue weighted by Gasteiger charge is -2.34. The van der Waals surface area contributed by atoms with Crippen LogP contribution in [0.4, 0.5) is 0 Å². The summed E-state index contributed by atoms with van der Waals surface area (Å²) < 4.78 is 15.1. The van der Waals surface area contributed by atoms with E-state index in [0.717, 1.165) is 25.7 Å². The molecule has 0 saturated carbocycles. The molecule has 1 unspecified atom stereocenters. The van der Waals surface area contributed by atoms with Gasteiger partial charge in [-0.3, -0.25) is 0 Å². The van der Waals surface area contributed by atoms with Crippen LogP contribution in [-0.4, -0.2) is 14.8 Å². The van der Waals surface area contributed by atoms with Gasteiger partial charge in [0.1, 0.15) is 4.75 Å². The van der Waals surface area contributed by atoms with E-state index in [1.165, 1.54) is 0 Å². The number of hydrogen-bond acceptors (Lipinski definition) is 2. The van der Waals surface area contributed by atoms with Crippen molar-refractivity contribution in [3.8, 4) is 0 Å². The van der Waals surface area contributed by atoms with Gasteiger partial charge in [0.15, 0.2) is 0 Å². The molecule has 2 nitrogen and oxygen atoms in total. The lowest BCUT2D eigenvalue weighted by Crippen LogP contribution is -2.51. The number of nitrogens with one attached hydrogen (secondary N) is 1. The Hall–Kier alpha value is 0.01000. The molecular weight excluding hydrogens is 218 g/mol. The Labute approximate surface area is 104 Å². The van der Waals surface area contributed by atoms with Crippen molar-refractivity contribution < 1.29 is 4.55 Å². The van der Waals surface area contributed by atoms with Crippen LogP contribution in [0.1, 0.15) is 60.3 Å². The first-order valence-corrected chi connectivity index (χ1v) is 7.21. The maximum atomic E-state index is 12.1. The molecule has 0 amide bonds. The van der Waals surface area contributed by atoms with E-state index >= 15 is 0 Å². The summed E-state index contributed by atoms with van der Waals surface area (Å²) in [6.07, 6.45) is 6.12. The molecule has 2 atom stereocenters. The molecule has 0 aliphatic rings. The molecule has 1 N–H and O–H groups in total. The Morgan fingerprint density at radius 3 is 2.25 bits per heavy atom. The second-order valence-corrected chi connectivity index (χ2v) is 7.61. The number of rotatable bonds is 7. The van der Waals surface area contributed by atoms with E-state index in [2.05, 4.69) is 25.1 Å². The lowest BCUT2D eigenvalue weighted by molar-refractivity contribution is 0.372. The average Bonchev–Trinajstić information content (AvgIpc) is 2.13. The van der Waals surface area contributed by atoms with Crippen molar-refractivity contribution in [1.82, 2.24) is 4.72 Å². The van der Waals surface area contributed by atoms with Crippen molar-refractivity contribution in [2.45, 2.75) is 70.6 Å². The maximum absolute atomic E-state index is 12.1. The predicted octanol–water partition coefficient (Wildman–Crippen LogP) is 3.56. The van der Waals surface area contributed by atoms with Crippen LogP contribution in [-0.2, 0) is 11.4 Å². The highest BCUT2D eigenvalue weighted by Gasteiger charge is 2.34. The molecule has 0 spiro atoms. The van der Waals surface area contributed by atoms with Crippen LogP contribution < -0.4 is 4.72 Å². The van der Waals surface area contributed by atoms with Crippen LogP contribution in [0.15, 0.2) is 12.7 Å². The van der Waals surface area contributed by atoms with Crippen molar-refractivity contribution in [3.05, 3.63) is 12.7 Å². The monoisotopic (exact) mass is 245 g/mol. The summed E-state index contributed by atoms with van der Waals surface area (Å²) in [6.45, 7) is 14.1. The van der Waals surface area contributed by atoms with Crippen LogP contribution in [0, 0.1) is 0 Å². The third kappa shape index (κ3) is 5.92. The third-order valence-corrected chi connectivity index (χ3v) is 4.36. The van der Waals surface area contributed by atoms with Gasteiger partial charge in [-0.25, -0.2) is 0 Å². The van der Waals surface area contributed by atoms with Gasteiger partial charge >= 0.3 is 0 Å². The first kappa shape index (κ1) is 16.0. The van der Waals surface area contributed by atoms with Gasteiger partial charge in [0, 0.05) is 11.4 Å². The van der Waals surface area contributed by atoms with Crippen LogP contribution in [0.25, 0.3) is 0 Å². The molecule has 0 bridgehead atoms. The Balaban J connectivity index is 4.47. The summed E-state index contributed by atoms with van der Waals surface area (Å²) in [7, 11) is 0. The van der Waals surface area contributed by atoms with Crippen molar-refractivity contribution >= 4 is 11.4 Å². The fourth-order valence-electron chi connectivity index (χ4n) is 1.46. The summed E-state index contributed by atoms with van der Waals surface area (Å²) in [4.78, 5) is 0. The van der Waals surface area contributed by atoms with Crippen molar-refractivity contribution in [3.63, 3.8) is 0 Å². The standard InChI is InChI=1S/C13H27NOS/c1-7-9-11-13(6,10-8-2)14-16(15)12(3,4)5/h8,14H,2,7,9-11H2,1,3-6H3/t13-,16?/m0/s1. The van der Waals surface area contributed by atoms with Crippen LogP contribution in [0.5, 0.6) is 0 Å². The Morgan fingerprint density at radius 1 is 1.31 bits per heavy atom. The topological polar surface area (TPSA) is 35.1 Å². The third-order valence-electron chi connectivity index (χ3n) is 2.57. The van der Waals surface area contributed by atoms with Crippen molar-refractivity contribution in [2.75, 3.05) is 0 Å². The van der Waals surface area contributed by atoms with E-state index in [4.69, 9.17) is 0 Å². The van der Waals surface area contributed by atoms with Gasteiger partial charge in [-0.05, 0) is 40.5 Å². The summed E-state index contributed by atoms with van der Waals surface area (Å²) in [5.41, 5.74) is -0.0874. The van der Waals surface area contributed by atoms with E-state index in [1.807, 2.05) is 26.8 Å². The number of unbranched alkanes of at least 4 members (excludes halogenated alkanes) is 1. The fourth-order valence-corrected chi connectivity index (χ4v) is 2.40. The number of hydrogen-bond donors (Lipinski definition) is 1. The first-order chi connectivity index (χ1) is 7.25. The van der Waals surface area contributed by atoms with Crippen molar-refractivity contribution in [2.24, 2.45) is 0 Å². The van der Waals surface area contributed by atoms with E-state index in [1.54, 1.807) is 0 Å². The van der Waals surface area contributed by atoms with Gasteiger partial charge in [0.2, 0.25) is 0 Å². The lowest BCUT2D eigenvalue weighted by atomic mass is 9.93. The summed E-state index contributed by atoms with van der Waals surface area (Å²) in [5.74, 6) is 0. The van der Waals surface area contributed by atoms with Gasteiger partial charge in [-0.15, -0.1) is 11.3 Å². The molecular formula is C13H27NOS. The smallest absolute Gasteiger partial charge is 0.136 e. The minimum atomic E-state index is -1.01. The van der Waals surface area contributed by atoms with E-state index < -0.39 is 11.4 Å². The predicted molar refractivity (Wildman–Crippen MR) is 73.8 cm³/mol. The molecule has 3 heteroatoms. The van der Waals surface area contributed by atoms with E-state index in [0.29, 0.717) is 0 Å². The zero-order chi connectivity index (χ0) is 12.8. The molecule has 0 aliphatic carbocycles. The molecule has 0 rings (SSSR count). The molecule has 0 aromatic carbocycles. The molecule has 0 heterocycles. The van der Waals surface area contributed by atoms with E-state index in [-0.39, 0.29) is 10.3 Å². The van der Waals surface area contributed by atoms with Gasteiger partial charge in [-0.2, -0.15) is 0 Å². The highest BCUT2D eigenvalue weighted by atomic mass is 32.2. The first-order valence-electron chi connectivity index (χ1n) is 6.06. The van der Waals surface area contributed by atoms with Crippen molar-refractivity contribution in [1.29, 1.82) is 0 Å². The van der Waals surface area contributed by atoms with Crippen LogP contribution in [0.2, 0.25) is 0 Å². The minimum Gasteiger partial charge on any atom is -0.598 e. The Kier molecular flexibility index (Phi) is 6.68. The molecule has 0 aromatic rings. The van der Waals surface area contributed by atoms with Gasteiger partial charge in [0.25, 0.3) is 0 Å². The molecule has 16 heavy (non-hydrogen) atoms. The van der Waals surface area contributed by atoms with Crippen LogP contribution in [0.3, 0.4) is 0 Å². The minimum absolute atomic E-state index is 0.0874. The quantitative estimate of drug-likeness (QED) is 0.550. The second kappa shape index (κ2) is 6.67. The summed E-state index contributed by atoms with van der Waals surface area (Å²) in [5, 5.41) is 0. The molecule has 96 valence electrons. The molecule has 0 saturated heterocycles. The second-order valence-electron chi connectivity index (χ2n) is 5.64. The van der Waals surface area contributed by atoms with Gasteiger partial charge < -0.3 is 4.55 Å². The zero-order valence-corrected chi connectivity index (χ0v) is 12.2. The Bertz CT molecular complexity index is 212. The summed E-state index contributed by atoms with van der Waals surface area (Å²) in [6, 6.07) is 0. The maximum Gasteiger partial charge on any atom is 0.136 e. The van der Waals surface area contributed by atoms with Gasteiger partial charge in [0.05, 0.1) is 5.54 Å².